The largest absolute Gasteiger partial charge is 0.356 e. The maximum absolute atomic E-state index is 6.00. The second-order valence-corrected chi connectivity index (χ2v) is 6.90. The van der Waals surface area contributed by atoms with E-state index in [1.807, 2.05) is 24.3 Å². The number of anilines is 1. The predicted molar refractivity (Wildman–Crippen MR) is 100 cm³/mol. The third kappa shape index (κ3) is 4.05. The molecule has 128 valence electrons. The SMILES string of the molecule is CCCc1cc(N2CCC(CN)CC2)nc(-c2ccc(Cl)cc2)n1. The molecule has 1 saturated heterocycles. The molecule has 0 aliphatic carbocycles. The summed E-state index contributed by atoms with van der Waals surface area (Å²) < 4.78 is 0. The molecule has 2 N–H and O–H groups in total. The molecular formula is C19H25ClN4. The molecule has 0 radical (unpaired) electrons. The van der Waals surface area contributed by atoms with Crippen LogP contribution in [0.2, 0.25) is 5.02 Å². The van der Waals surface area contributed by atoms with Gasteiger partial charge in [-0.05, 0) is 56.0 Å². The summed E-state index contributed by atoms with van der Waals surface area (Å²) in [6.07, 6.45) is 4.32. The zero-order valence-corrected chi connectivity index (χ0v) is 15.0. The Morgan fingerprint density at radius 3 is 2.50 bits per heavy atom. The first-order chi connectivity index (χ1) is 11.7. The third-order valence-electron chi connectivity index (χ3n) is 4.65. The summed E-state index contributed by atoms with van der Waals surface area (Å²) >= 11 is 6.00. The second-order valence-electron chi connectivity index (χ2n) is 6.46. The third-order valence-corrected chi connectivity index (χ3v) is 4.90. The predicted octanol–water partition coefficient (Wildman–Crippen LogP) is 3.92. The van der Waals surface area contributed by atoms with Crippen LogP contribution in [0.15, 0.2) is 30.3 Å². The van der Waals surface area contributed by atoms with E-state index in [1.54, 1.807) is 0 Å². The lowest BCUT2D eigenvalue weighted by atomic mass is 9.97. The van der Waals surface area contributed by atoms with Crippen molar-refractivity contribution in [3.8, 4) is 11.4 Å². The molecule has 4 nitrogen and oxygen atoms in total. The Labute approximate surface area is 149 Å². The Kier molecular flexibility index (Phi) is 5.69. The van der Waals surface area contributed by atoms with Crippen molar-refractivity contribution in [1.82, 2.24) is 9.97 Å². The first-order valence-electron chi connectivity index (χ1n) is 8.78. The van der Waals surface area contributed by atoms with Gasteiger partial charge in [0, 0.05) is 35.4 Å². The van der Waals surface area contributed by atoms with Crippen molar-refractivity contribution in [1.29, 1.82) is 0 Å². The number of aromatic nitrogens is 2. The minimum atomic E-state index is 0.647. The maximum Gasteiger partial charge on any atom is 0.161 e. The number of aryl methyl sites for hydroxylation is 1. The van der Waals surface area contributed by atoms with Gasteiger partial charge in [0.25, 0.3) is 0 Å². The van der Waals surface area contributed by atoms with E-state index in [1.165, 1.54) is 0 Å². The fraction of sp³-hybridized carbons (Fsp3) is 0.474. The van der Waals surface area contributed by atoms with E-state index in [0.29, 0.717) is 5.92 Å². The Bertz CT molecular complexity index is 664. The number of benzene rings is 1. The number of piperidine rings is 1. The van der Waals surface area contributed by atoms with Crippen molar-refractivity contribution in [2.45, 2.75) is 32.6 Å². The van der Waals surface area contributed by atoms with E-state index in [4.69, 9.17) is 27.3 Å². The molecule has 0 unspecified atom stereocenters. The maximum atomic E-state index is 6.00. The average molecular weight is 345 g/mol. The van der Waals surface area contributed by atoms with Crippen LogP contribution in [-0.2, 0) is 6.42 Å². The molecule has 1 fully saturated rings. The van der Waals surface area contributed by atoms with Crippen molar-refractivity contribution in [3.05, 3.63) is 41.0 Å². The Balaban J connectivity index is 1.90. The van der Waals surface area contributed by atoms with Gasteiger partial charge in [0.2, 0.25) is 0 Å². The van der Waals surface area contributed by atoms with Crippen molar-refractivity contribution in [2.75, 3.05) is 24.5 Å². The van der Waals surface area contributed by atoms with Gasteiger partial charge in [-0.25, -0.2) is 9.97 Å². The minimum Gasteiger partial charge on any atom is -0.356 e. The van der Waals surface area contributed by atoms with Crippen molar-refractivity contribution in [3.63, 3.8) is 0 Å². The molecule has 2 aromatic rings. The topological polar surface area (TPSA) is 55.0 Å². The molecule has 1 aromatic heterocycles. The van der Waals surface area contributed by atoms with E-state index in [9.17, 15) is 0 Å². The van der Waals surface area contributed by atoms with Crippen LogP contribution in [-0.4, -0.2) is 29.6 Å². The van der Waals surface area contributed by atoms with Crippen LogP contribution < -0.4 is 10.6 Å². The van der Waals surface area contributed by atoms with Gasteiger partial charge in [0.1, 0.15) is 5.82 Å². The van der Waals surface area contributed by atoms with Gasteiger partial charge in [0.15, 0.2) is 5.82 Å². The van der Waals surface area contributed by atoms with Gasteiger partial charge in [-0.2, -0.15) is 0 Å². The van der Waals surface area contributed by atoms with Crippen LogP contribution in [0.4, 0.5) is 5.82 Å². The Morgan fingerprint density at radius 1 is 1.17 bits per heavy atom. The number of hydrogen-bond acceptors (Lipinski definition) is 4. The summed E-state index contributed by atoms with van der Waals surface area (Å²) in [6, 6.07) is 9.89. The molecule has 0 bridgehead atoms. The fourth-order valence-corrected chi connectivity index (χ4v) is 3.28. The molecule has 2 heterocycles. The summed E-state index contributed by atoms with van der Waals surface area (Å²) in [6.45, 7) is 5.00. The lowest BCUT2D eigenvalue weighted by Crippen LogP contribution is -2.36. The van der Waals surface area contributed by atoms with E-state index in [-0.39, 0.29) is 0 Å². The van der Waals surface area contributed by atoms with Crippen LogP contribution in [0.1, 0.15) is 31.9 Å². The quantitative estimate of drug-likeness (QED) is 0.893. The lowest BCUT2D eigenvalue weighted by Gasteiger charge is -2.32. The first-order valence-corrected chi connectivity index (χ1v) is 9.16. The van der Waals surface area contributed by atoms with Crippen molar-refractivity contribution >= 4 is 17.4 Å². The molecule has 0 amide bonds. The van der Waals surface area contributed by atoms with E-state index in [0.717, 1.165) is 73.2 Å². The highest BCUT2D eigenvalue weighted by Crippen LogP contribution is 2.25. The molecule has 0 atom stereocenters. The molecule has 1 aliphatic rings. The van der Waals surface area contributed by atoms with Gasteiger partial charge in [-0.1, -0.05) is 24.9 Å². The zero-order valence-electron chi connectivity index (χ0n) is 14.2. The zero-order chi connectivity index (χ0) is 16.9. The monoisotopic (exact) mass is 344 g/mol. The minimum absolute atomic E-state index is 0.647. The van der Waals surface area contributed by atoms with Crippen LogP contribution in [0.5, 0.6) is 0 Å². The number of halogens is 1. The van der Waals surface area contributed by atoms with E-state index < -0.39 is 0 Å². The summed E-state index contributed by atoms with van der Waals surface area (Å²) in [5.74, 6) is 2.47. The normalized spacial score (nSPS) is 15.7. The average Bonchev–Trinajstić information content (AvgIpc) is 2.62. The smallest absolute Gasteiger partial charge is 0.161 e. The Morgan fingerprint density at radius 2 is 1.88 bits per heavy atom. The van der Waals surface area contributed by atoms with Gasteiger partial charge < -0.3 is 10.6 Å². The molecule has 0 saturated carbocycles. The molecule has 3 rings (SSSR count). The van der Waals surface area contributed by atoms with Gasteiger partial charge in [-0.15, -0.1) is 0 Å². The highest BCUT2D eigenvalue weighted by molar-refractivity contribution is 6.30. The van der Waals surface area contributed by atoms with Crippen molar-refractivity contribution < 1.29 is 0 Å². The van der Waals surface area contributed by atoms with Gasteiger partial charge in [-0.3, -0.25) is 0 Å². The van der Waals surface area contributed by atoms with E-state index >= 15 is 0 Å². The van der Waals surface area contributed by atoms with Crippen molar-refractivity contribution in [2.24, 2.45) is 11.7 Å². The summed E-state index contributed by atoms with van der Waals surface area (Å²) in [5, 5.41) is 0.729. The summed E-state index contributed by atoms with van der Waals surface area (Å²) in [7, 11) is 0. The summed E-state index contributed by atoms with van der Waals surface area (Å²) in [4.78, 5) is 11.9. The van der Waals surface area contributed by atoms with Crippen LogP contribution in [0.3, 0.4) is 0 Å². The standard InChI is InChI=1S/C19H25ClN4/c1-2-3-17-12-18(24-10-8-14(13-21)9-11-24)23-19(22-17)15-4-6-16(20)7-5-15/h4-7,12,14H,2-3,8-11,13,21H2,1H3. The van der Waals surface area contributed by atoms with Crippen LogP contribution >= 0.6 is 11.6 Å². The molecular weight excluding hydrogens is 320 g/mol. The van der Waals surface area contributed by atoms with Gasteiger partial charge >= 0.3 is 0 Å². The molecule has 1 aliphatic heterocycles. The second kappa shape index (κ2) is 7.95. The van der Waals surface area contributed by atoms with E-state index in [2.05, 4.69) is 17.9 Å². The van der Waals surface area contributed by atoms with Gasteiger partial charge in [0.05, 0.1) is 0 Å². The molecule has 5 heteroatoms. The van der Waals surface area contributed by atoms with Crippen LogP contribution in [0.25, 0.3) is 11.4 Å². The fourth-order valence-electron chi connectivity index (χ4n) is 3.16. The lowest BCUT2D eigenvalue weighted by molar-refractivity contribution is 0.413. The summed E-state index contributed by atoms with van der Waals surface area (Å²) in [5.41, 5.74) is 7.92. The Hall–Kier alpha value is -1.65. The highest BCUT2D eigenvalue weighted by atomic mass is 35.5. The number of hydrogen-bond donors (Lipinski definition) is 1. The molecule has 0 spiro atoms. The number of nitrogens with two attached hydrogens (primary N) is 1. The highest BCUT2D eigenvalue weighted by Gasteiger charge is 2.20. The number of nitrogens with zero attached hydrogens (tertiary/aromatic N) is 3. The first kappa shape index (κ1) is 17.2. The number of rotatable bonds is 5. The molecule has 24 heavy (non-hydrogen) atoms. The molecule has 1 aromatic carbocycles. The van der Waals surface area contributed by atoms with Crippen LogP contribution in [0, 0.1) is 5.92 Å².